The van der Waals surface area contributed by atoms with Crippen LogP contribution in [0.3, 0.4) is 0 Å². The van der Waals surface area contributed by atoms with Gasteiger partial charge in [0, 0.05) is 22.8 Å². The fourth-order valence-corrected chi connectivity index (χ4v) is 2.07. The van der Waals surface area contributed by atoms with Gasteiger partial charge in [0.25, 0.3) is 0 Å². The number of anilines is 2. The molecule has 0 aliphatic heterocycles. The Bertz CT molecular complexity index is 698. The summed E-state index contributed by atoms with van der Waals surface area (Å²) in [7, 11) is 0. The minimum atomic E-state index is -0.885. The fraction of sp³-hybridized carbons (Fsp3) is 0. The molecular weight excluding hydrogens is 404 g/mol. The third-order valence-electron chi connectivity index (χ3n) is 2.29. The SMILES string of the molecule is O=[N+]([O-])c1cc(Br)cnc1Nc1cc(Br)c(F)cc1F. The maximum atomic E-state index is 13.6. The van der Waals surface area contributed by atoms with Gasteiger partial charge in [0.05, 0.1) is 15.1 Å². The van der Waals surface area contributed by atoms with Gasteiger partial charge < -0.3 is 5.32 Å². The zero-order chi connectivity index (χ0) is 14.9. The molecule has 0 unspecified atom stereocenters. The maximum Gasteiger partial charge on any atom is 0.312 e. The first-order chi connectivity index (χ1) is 9.38. The van der Waals surface area contributed by atoms with Gasteiger partial charge in [-0.2, -0.15) is 0 Å². The van der Waals surface area contributed by atoms with Gasteiger partial charge in [-0.25, -0.2) is 13.8 Å². The van der Waals surface area contributed by atoms with Gasteiger partial charge in [0.2, 0.25) is 5.82 Å². The van der Waals surface area contributed by atoms with E-state index in [9.17, 15) is 18.9 Å². The molecule has 0 aliphatic carbocycles. The Balaban J connectivity index is 2.45. The lowest BCUT2D eigenvalue weighted by Gasteiger charge is -2.08. The monoisotopic (exact) mass is 407 g/mol. The molecule has 1 aromatic carbocycles. The Labute approximate surface area is 128 Å². The maximum absolute atomic E-state index is 13.6. The number of nitro groups is 1. The number of hydrogen-bond donors (Lipinski definition) is 1. The number of nitrogens with zero attached hydrogens (tertiary/aromatic N) is 2. The third kappa shape index (κ3) is 3.10. The van der Waals surface area contributed by atoms with E-state index in [1.54, 1.807) is 0 Å². The number of hydrogen-bond acceptors (Lipinski definition) is 4. The molecule has 2 aromatic rings. The van der Waals surface area contributed by atoms with Crippen LogP contribution in [-0.4, -0.2) is 9.91 Å². The minimum Gasteiger partial charge on any atom is -0.332 e. The fourth-order valence-electron chi connectivity index (χ4n) is 1.41. The summed E-state index contributed by atoms with van der Waals surface area (Å²) in [5, 5.41) is 13.4. The normalized spacial score (nSPS) is 10.4. The summed E-state index contributed by atoms with van der Waals surface area (Å²) in [6.45, 7) is 0. The molecule has 1 N–H and O–H groups in total. The quantitative estimate of drug-likeness (QED) is 0.460. The second-order valence-electron chi connectivity index (χ2n) is 3.65. The predicted octanol–water partition coefficient (Wildman–Crippen LogP) is 4.54. The van der Waals surface area contributed by atoms with E-state index < -0.39 is 16.6 Å². The van der Waals surface area contributed by atoms with Crippen LogP contribution in [0.2, 0.25) is 0 Å². The summed E-state index contributed by atoms with van der Waals surface area (Å²) in [6, 6.07) is 3.03. The van der Waals surface area contributed by atoms with E-state index in [0.29, 0.717) is 10.5 Å². The van der Waals surface area contributed by atoms with Crippen molar-refractivity contribution in [2.45, 2.75) is 0 Å². The summed E-state index contributed by atoms with van der Waals surface area (Å²) in [5.74, 6) is -1.80. The highest BCUT2D eigenvalue weighted by Crippen LogP contribution is 2.31. The highest BCUT2D eigenvalue weighted by molar-refractivity contribution is 9.10. The first-order valence-electron chi connectivity index (χ1n) is 5.10. The summed E-state index contributed by atoms with van der Waals surface area (Å²) < 4.78 is 27.2. The highest BCUT2D eigenvalue weighted by Gasteiger charge is 2.18. The van der Waals surface area contributed by atoms with Crippen molar-refractivity contribution in [3.63, 3.8) is 0 Å². The topological polar surface area (TPSA) is 68.1 Å². The second kappa shape index (κ2) is 5.80. The molecule has 0 atom stereocenters. The summed E-state index contributed by atoms with van der Waals surface area (Å²) in [5.41, 5.74) is -0.463. The molecule has 0 saturated heterocycles. The third-order valence-corrected chi connectivity index (χ3v) is 3.34. The number of benzene rings is 1. The molecule has 0 saturated carbocycles. The van der Waals surface area contributed by atoms with Gasteiger partial charge in [-0.1, -0.05) is 0 Å². The van der Waals surface area contributed by atoms with Gasteiger partial charge in [0.1, 0.15) is 11.6 Å². The lowest BCUT2D eigenvalue weighted by atomic mass is 10.3. The number of rotatable bonds is 3. The van der Waals surface area contributed by atoms with Crippen molar-refractivity contribution in [2.24, 2.45) is 0 Å². The molecule has 104 valence electrons. The Morgan fingerprint density at radius 1 is 1.20 bits per heavy atom. The largest absolute Gasteiger partial charge is 0.332 e. The van der Waals surface area contributed by atoms with Crippen molar-refractivity contribution in [1.29, 1.82) is 0 Å². The van der Waals surface area contributed by atoms with Crippen LogP contribution < -0.4 is 5.32 Å². The first kappa shape index (κ1) is 14.8. The molecule has 1 aromatic heterocycles. The van der Waals surface area contributed by atoms with Crippen molar-refractivity contribution < 1.29 is 13.7 Å². The van der Waals surface area contributed by atoms with Crippen LogP contribution in [0.5, 0.6) is 0 Å². The van der Waals surface area contributed by atoms with E-state index in [-0.39, 0.29) is 21.7 Å². The Kier molecular flexibility index (Phi) is 4.29. The van der Waals surface area contributed by atoms with Gasteiger partial charge >= 0.3 is 5.69 Å². The van der Waals surface area contributed by atoms with Crippen molar-refractivity contribution in [2.75, 3.05) is 5.32 Å². The number of halogens is 4. The molecular formula is C11H5Br2F2N3O2. The van der Waals surface area contributed by atoms with E-state index in [1.165, 1.54) is 12.3 Å². The molecule has 2 rings (SSSR count). The molecule has 5 nitrogen and oxygen atoms in total. The van der Waals surface area contributed by atoms with Crippen molar-refractivity contribution >= 4 is 49.1 Å². The molecule has 20 heavy (non-hydrogen) atoms. The molecule has 0 aliphatic rings. The van der Waals surface area contributed by atoms with Gasteiger partial charge in [-0.3, -0.25) is 10.1 Å². The first-order valence-corrected chi connectivity index (χ1v) is 6.68. The Hall–Kier alpha value is -1.61. The van der Waals surface area contributed by atoms with Crippen LogP contribution in [0.15, 0.2) is 33.3 Å². The smallest absolute Gasteiger partial charge is 0.312 e. The standard InChI is InChI=1S/C11H5Br2F2N3O2/c12-5-1-10(18(19)20)11(16-4-5)17-9-2-6(13)7(14)3-8(9)15/h1-4H,(H,16,17). The van der Waals surface area contributed by atoms with Gasteiger partial charge in [-0.05, 0) is 37.9 Å². The van der Waals surface area contributed by atoms with E-state index in [0.717, 1.165) is 6.07 Å². The molecule has 0 bridgehead atoms. The average Bonchev–Trinajstić information content (AvgIpc) is 2.37. The van der Waals surface area contributed by atoms with Gasteiger partial charge in [0.15, 0.2) is 0 Å². The van der Waals surface area contributed by atoms with Gasteiger partial charge in [-0.15, -0.1) is 0 Å². The van der Waals surface area contributed by atoms with E-state index in [1.807, 2.05) is 0 Å². The molecule has 0 radical (unpaired) electrons. The van der Waals surface area contributed by atoms with Crippen LogP contribution in [-0.2, 0) is 0 Å². The Morgan fingerprint density at radius 2 is 1.90 bits per heavy atom. The second-order valence-corrected chi connectivity index (χ2v) is 5.42. The molecule has 9 heteroatoms. The number of aromatic nitrogens is 1. The summed E-state index contributed by atoms with van der Waals surface area (Å²) in [4.78, 5) is 14.1. The Morgan fingerprint density at radius 3 is 2.55 bits per heavy atom. The van der Waals surface area contributed by atoms with Crippen LogP contribution >= 0.6 is 31.9 Å². The van der Waals surface area contributed by atoms with E-state index in [4.69, 9.17) is 0 Å². The lowest BCUT2D eigenvalue weighted by molar-refractivity contribution is -0.384. The van der Waals surface area contributed by atoms with Crippen LogP contribution in [0, 0.1) is 21.7 Å². The van der Waals surface area contributed by atoms with E-state index in [2.05, 4.69) is 42.2 Å². The van der Waals surface area contributed by atoms with Crippen LogP contribution in [0.1, 0.15) is 0 Å². The zero-order valence-electron chi connectivity index (χ0n) is 9.53. The summed E-state index contributed by atoms with van der Waals surface area (Å²) >= 11 is 5.97. The molecule has 0 fully saturated rings. The number of pyridine rings is 1. The van der Waals surface area contributed by atoms with Crippen molar-refractivity contribution in [3.05, 3.63) is 55.1 Å². The summed E-state index contributed by atoms with van der Waals surface area (Å²) in [6.07, 6.45) is 1.33. The van der Waals surface area contributed by atoms with Crippen molar-refractivity contribution in [3.8, 4) is 0 Å². The zero-order valence-corrected chi connectivity index (χ0v) is 12.7. The highest BCUT2D eigenvalue weighted by atomic mass is 79.9. The lowest BCUT2D eigenvalue weighted by Crippen LogP contribution is -2.01. The molecule has 1 heterocycles. The van der Waals surface area contributed by atoms with Crippen LogP contribution in [0.4, 0.5) is 26.0 Å². The predicted molar refractivity (Wildman–Crippen MR) is 75.9 cm³/mol. The molecule has 0 amide bonds. The minimum absolute atomic E-state index is 0.0289. The van der Waals surface area contributed by atoms with Crippen molar-refractivity contribution in [1.82, 2.24) is 4.98 Å². The average molecular weight is 409 g/mol. The molecule has 0 spiro atoms. The number of nitrogens with one attached hydrogen (secondary N) is 1. The van der Waals surface area contributed by atoms with Crippen LogP contribution in [0.25, 0.3) is 0 Å². The van der Waals surface area contributed by atoms with E-state index >= 15 is 0 Å².